The molecule has 108 valence electrons. The molecule has 21 heavy (non-hydrogen) atoms. The fourth-order valence-electron chi connectivity index (χ4n) is 1.94. The molecule has 0 fully saturated rings. The lowest BCUT2D eigenvalue weighted by atomic mass is 9.99. The van der Waals surface area contributed by atoms with Crippen molar-refractivity contribution in [2.24, 2.45) is 0 Å². The number of imidazole rings is 1. The zero-order valence-corrected chi connectivity index (χ0v) is 10.9. The van der Waals surface area contributed by atoms with Crippen LogP contribution in [0, 0.1) is 25.8 Å². The standard InChI is InChI=1S/C14H10F3N3O/c1-4-5-13(21,14(15,16)17)12-19-10-6-8(2)9(18-3)7-11(10)20-12/h1,6-7,21H,5H2,2H3,(H,19,20). The quantitative estimate of drug-likeness (QED) is 0.660. The van der Waals surface area contributed by atoms with Gasteiger partial charge in [-0.3, -0.25) is 0 Å². The van der Waals surface area contributed by atoms with Gasteiger partial charge in [-0.25, -0.2) is 9.83 Å². The SMILES string of the molecule is [C-]#[N+]c1cc2nc(C(O)(CC#C)C(F)(F)F)[nH]c2cc1C. The Morgan fingerprint density at radius 1 is 1.48 bits per heavy atom. The molecule has 1 aromatic heterocycles. The summed E-state index contributed by atoms with van der Waals surface area (Å²) in [5.41, 5.74) is -1.89. The monoisotopic (exact) mass is 293 g/mol. The van der Waals surface area contributed by atoms with Crippen LogP contribution in [0.15, 0.2) is 12.1 Å². The molecule has 0 amide bonds. The number of aromatic nitrogens is 2. The van der Waals surface area contributed by atoms with Gasteiger partial charge in [-0.1, -0.05) is 0 Å². The molecule has 0 radical (unpaired) electrons. The highest BCUT2D eigenvalue weighted by atomic mass is 19.4. The Kier molecular flexibility index (Phi) is 3.40. The fraction of sp³-hybridized carbons (Fsp3) is 0.286. The molecular formula is C14H10F3N3O. The van der Waals surface area contributed by atoms with E-state index in [-0.39, 0.29) is 11.2 Å². The van der Waals surface area contributed by atoms with Crippen LogP contribution in [-0.4, -0.2) is 21.3 Å². The molecule has 1 atom stereocenters. The van der Waals surface area contributed by atoms with Crippen LogP contribution in [0.25, 0.3) is 15.9 Å². The highest BCUT2D eigenvalue weighted by Gasteiger charge is 2.56. The molecule has 1 heterocycles. The molecule has 2 N–H and O–H groups in total. The van der Waals surface area contributed by atoms with E-state index in [1.54, 1.807) is 6.92 Å². The van der Waals surface area contributed by atoms with Crippen LogP contribution in [-0.2, 0) is 5.60 Å². The van der Waals surface area contributed by atoms with E-state index in [4.69, 9.17) is 13.0 Å². The first-order valence-corrected chi connectivity index (χ1v) is 5.84. The minimum atomic E-state index is -4.97. The number of benzene rings is 1. The average molecular weight is 293 g/mol. The molecule has 2 rings (SSSR count). The number of hydrogen-bond donors (Lipinski definition) is 2. The number of rotatable bonds is 2. The fourth-order valence-corrected chi connectivity index (χ4v) is 1.94. The van der Waals surface area contributed by atoms with E-state index in [0.29, 0.717) is 11.1 Å². The predicted octanol–water partition coefficient (Wildman–Crippen LogP) is 3.20. The molecule has 0 spiro atoms. The molecule has 1 aromatic carbocycles. The second-order valence-corrected chi connectivity index (χ2v) is 4.59. The van der Waals surface area contributed by atoms with Crippen molar-refractivity contribution in [2.75, 3.05) is 0 Å². The number of halogens is 3. The van der Waals surface area contributed by atoms with Gasteiger partial charge in [0.2, 0.25) is 5.60 Å². The molecular weight excluding hydrogens is 283 g/mol. The van der Waals surface area contributed by atoms with Crippen molar-refractivity contribution in [2.45, 2.75) is 25.1 Å². The van der Waals surface area contributed by atoms with Gasteiger partial charge in [0.05, 0.1) is 24.0 Å². The molecule has 0 bridgehead atoms. The predicted molar refractivity (Wildman–Crippen MR) is 70.5 cm³/mol. The Hall–Kier alpha value is -2.51. The van der Waals surface area contributed by atoms with Crippen molar-refractivity contribution >= 4 is 16.7 Å². The summed E-state index contributed by atoms with van der Waals surface area (Å²) in [4.78, 5) is 9.45. The number of nitrogens with zero attached hydrogens (tertiary/aromatic N) is 2. The Labute approximate surface area is 118 Å². The number of aryl methyl sites for hydroxylation is 1. The molecule has 4 nitrogen and oxygen atoms in total. The Bertz CT molecular complexity index is 780. The Morgan fingerprint density at radius 3 is 2.67 bits per heavy atom. The number of H-pyrrole nitrogens is 1. The lowest BCUT2D eigenvalue weighted by Crippen LogP contribution is -2.43. The second-order valence-electron chi connectivity index (χ2n) is 4.59. The van der Waals surface area contributed by atoms with Gasteiger partial charge in [-0.15, -0.1) is 12.3 Å². The summed E-state index contributed by atoms with van der Waals surface area (Å²) in [6, 6.07) is 2.87. The first-order chi connectivity index (χ1) is 9.72. The average Bonchev–Trinajstić information content (AvgIpc) is 2.79. The molecule has 1 unspecified atom stereocenters. The van der Waals surface area contributed by atoms with Gasteiger partial charge >= 0.3 is 6.18 Å². The van der Waals surface area contributed by atoms with E-state index >= 15 is 0 Å². The van der Waals surface area contributed by atoms with E-state index in [1.807, 2.05) is 5.92 Å². The van der Waals surface area contributed by atoms with Crippen LogP contribution in [0.5, 0.6) is 0 Å². The largest absolute Gasteiger partial charge is 0.425 e. The third-order valence-corrected chi connectivity index (χ3v) is 3.14. The molecule has 7 heteroatoms. The number of hydrogen-bond acceptors (Lipinski definition) is 2. The minimum absolute atomic E-state index is 0.168. The van der Waals surface area contributed by atoms with Gasteiger partial charge in [0.1, 0.15) is 5.82 Å². The molecule has 0 aliphatic heterocycles. The zero-order chi connectivity index (χ0) is 15.8. The normalized spacial score (nSPS) is 14.4. The van der Waals surface area contributed by atoms with Crippen LogP contribution >= 0.6 is 0 Å². The number of nitrogens with one attached hydrogen (secondary N) is 1. The van der Waals surface area contributed by atoms with E-state index < -0.39 is 24.0 Å². The highest BCUT2D eigenvalue weighted by Crippen LogP contribution is 2.41. The first kappa shape index (κ1) is 14.9. The van der Waals surface area contributed by atoms with Gasteiger partial charge in [0.15, 0.2) is 5.69 Å². The number of terminal acetylenes is 1. The van der Waals surface area contributed by atoms with Gasteiger partial charge in [0, 0.05) is 0 Å². The second kappa shape index (κ2) is 4.80. The van der Waals surface area contributed by atoms with Gasteiger partial charge in [-0.05, 0) is 24.6 Å². The lowest BCUT2D eigenvalue weighted by molar-refractivity contribution is -0.267. The van der Waals surface area contributed by atoms with E-state index in [1.165, 1.54) is 12.1 Å². The summed E-state index contributed by atoms with van der Waals surface area (Å²) in [5.74, 6) is 1.14. The van der Waals surface area contributed by atoms with Gasteiger partial charge in [-0.2, -0.15) is 13.2 Å². The smallest absolute Gasteiger partial charge is 0.373 e. The summed E-state index contributed by atoms with van der Waals surface area (Å²) < 4.78 is 39.2. The third kappa shape index (κ3) is 2.32. The van der Waals surface area contributed by atoms with Crippen molar-refractivity contribution in [1.82, 2.24) is 9.97 Å². The number of aliphatic hydroxyl groups is 1. The number of alkyl halides is 3. The summed E-state index contributed by atoms with van der Waals surface area (Å²) in [7, 11) is 0. The van der Waals surface area contributed by atoms with Crippen molar-refractivity contribution < 1.29 is 18.3 Å². The maximum Gasteiger partial charge on any atom is 0.425 e. The summed E-state index contributed by atoms with van der Waals surface area (Å²) in [5, 5.41) is 9.89. The van der Waals surface area contributed by atoms with Crippen LogP contribution in [0.1, 0.15) is 17.8 Å². The van der Waals surface area contributed by atoms with Crippen molar-refractivity contribution in [3.63, 3.8) is 0 Å². The van der Waals surface area contributed by atoms with E-state index in [0.717, 1.165) is 0 Å². The Balaban J connectivity index is 2.67. The van der Waals surface area contributed by atoms with Crippen LogP contribution in [0.4, 0.5) is 18.9 Å². The topological polar surface area (TPSA) is 53.3 Å². The molecule has 0 aliphatic carbocycles. The molecule has 0 aliphatic rings. The van der Waals surface area contributed by atoms with Crippen LogP contribution < -0.4 is 0 Å². The maximum atomic E-state index is 13.1. The lowest BCUT2D eigenvalue weighted by Gasteiger charge is -2.26. The number of aromatic amines is 1. The number of fused-ring (bicyclic) bond motifs is 1. The minimum Gasteiger partial charge on any atom is -0.373 e. The van der Waals surface area contributed by atoms with Gasteiger partial charge in [0.25, 0.3) is 0 Å². The van der Waals surface area contributed by atoms with Crippen LogP contribution in [0.2, 0.25) is 0 Å². The molecule has 0 saturated carbocycles. The molecule has 2 aromatic rings. The van der Waals surface area contributed by atoms with Crippen LogP contribution in [0.3, 0.4) is 0 Å². The van der Waals surface area contributed by atoms with Crippen molar-refractivity contribution in [1.29, 1.82) is 0 Å². The summed E-state index contributed by atoms with van der Waals surface area (Å²) in [6.45, 7) is 8.64. The maximum absolute atomic E-state index is 13.1. The van der Waals surface area contributed by atoms with Gasteiger partial charge < -0.3 is 10.1 Å². The summed E-state index contributed by atoms with van der Waals surface area (Å²) in [6.07, 6.45) is -1.000. The van der Waals surface area contributed by atoms with Crippen molar-refractivity contribution in [3.8, 4) is 12.3 Å². The molecule has 0 saturated heterocycles. The Morgan fingerprint density at radius 2 is 2.14 bits per heavy atom. The summed E-state index contributed by atoms with van der Waals surface area (Å²) >= 11 is 0. The third-order valence-electron chi connectivity index (χ3n) is 3.14. The first-order valence-electron chi connectivity index (χ1n) is 5.84. The van der Waals surface area contributed by atoms with Crippen molar-refractivity contribution in [3.05, 3.63) is 34.9 Å². The van der Waals surface area contributed by atoms with E-state index in [9.17, 15) is 18.3 Å². The highest BCUT2D eigenvalue weighted by molar-refractivity contribution is 5.81. The zero-order valence-electron chi connectivity index (χ0n) is 10.9. The van der Waals surface area contributed by atoms with E-state index in [2.05, 4.69) is 14.8 Å².